The second-order valence-electron chi connectivity index (χ2n) is 6.96. The molecule has 1 heterocycles. The third-order valence-electron chi connectivity index (χ3n) is 5.43. The molecule has 0 spiro atoms. The van der Waals surface area contributed by atoms with Crippen LogP contribution in [0.3, 0.4) is 0 Å². The van der Waals surface area contributed by atoms with E-state index >= 15 is 0 Å². The van der Waals surface area contributed by atoms with Gasteiger partial charge in [-0.3, -0.25) is 0 Å². The quantitative estimate of drug-likeness (QED) is 0.815. The molecule has 0 amide bonds. The molecule has 2 nitrogen and oxygen atoms in total. The van der Waals surface area contributed by atoms with Gasteiger partial charge < -0.3 is 10.1 Å². The Morgan fingerprint density at radius 2 is 1.88 bits per heavy atom. The summed E-state index contributed by atoms with van der Waals surface area (Å²) >= 11 is 0. The van der Waals surface area contributed by atoms with Crippen molar-refractivity contribution in [3.8, 4) is 0 Å². The van der Waals surface area contributed by atoms with Crippen LogP contribution >= 0.6 is 0 Å². The van der Waals surface area contributed by atoms with Crippen molar-refractivity contribution in [3.05, 3.63) is 0 Å². The molecule has 3 rings (SSSR count). The summed E-state index contributed by atoms with van der Waals surface area (Å²) < 4.78 is 5.95. The van der Waals surface area contributed by atoms with Gasteiger partial charge in [-0.1, -0.05) is 26.7 Å². The van der Waals surface area contributed by atoms with Crippen LogP contribution in [-0.2, 0) is 4.74 Å². The molecular weight excluding hydrogens is 210 g/mol. The summed E-state index contributed by atoms with van der Waals surface area (Å²) in [6.07, 6.45) is 8.97. The number of nitrogens with one attached hydrogen (secondary N) is 1. The minimum atomic E-state index is 0.351. The Morgan fingerprint density at radius 3 is 2.65 bits per heavy atom. The molecule has 0 radical (unpaired) electrons. The van der Waals surface area contributed by atoms with Crippen LogP contribution in [0.15, 0.2) is 0 Å². The van der Waals surface area contributed by atoms with Gasteiger partial charge in [-0.15, -0.1) is 0 Å². The highest BCUT2D eigenvalue weighted by atomic mass is 16.5. The van der Waals surface area contributed by atoms with E-state index in [0.29, 0.717) is 17.6 Å². The first-order chi connectivity index (χ1) is 8.19. The molecule has 1 aliphatic heterocycles. The first kappa shape index (κ1) is 12.0. The van der Waals surface area contributed by atoms with Crippen molar-refractivity contribution < 1.29 is 4.74 Å². The second-order valence-corrected chi connectivity index (χ2v) is 6.96. The van der Waals surface area contributed by atoms with E-state index in [1.165, 1.54) is 45.1 Å². The SMILES string of the molecule is CC1(C)C(NCC2CCCC2)C2CCCOC21. The van der Waals surface area contributed by atoms with Gasteiger partial charge in [0.1, 0.15) is 0 Å². The maximum absolute atomic E-state index is 5.95. The number of fused-ring (bicyclic) bond motifs is 1. The van der Waals surface area contributed by atoms with E-state index in [9.17, 15) is 0 Å². The van der Waals surface area contributed by atoms with E-state index in [1.807, 2.05) is 0 Å². The van der Waals surface area contributed by atoms with Crippen LogP contribution in [0.4, 0.5) is 0 Å². The Balaban J connectivity index is 1.55. The van der Waals surface area contributed by atoms with E-state index < -0.39 is 0 Å². The van der Waals surface area contributed by atoms with Crippen molar-refractivity contribution in [3.63, 3.8) is 0 Å². The minimum absolute atomic E-state index is 0.351. The van der Waals surface area contributed by atoms with Crippen molar-refractivity contribution in [2.45, 2.75) is 64.5 Å². The summed E-state index contributed by atoms with van der Waals surface area (Å²) in [5, 5.41) is 3.87. The molecule has 17 heavy (non-hydrogen) atoms. The Kier molecular flexibility index (Phi) is 3.20. The van der Waals surface area contributed by atoms with Crippen LogP contribution in [0.25, 0.3) is 0 Å². The Bertz CT molecular complexity index is 270. The first-order valence-electron chi connectivity index (χ1n) is 7.54. The fourth-order valence-electron chi connectivity index (χ4n) is 4.45. The largest absolute Gasteiger partial charge is 0.377 e. The average molecular weight is 237 g/mol. The van der Waals surface area contributed by atoms with Gasteiger partial charge in [0, 0.05) is 24.0 Å². The predicted octanol–water partition coefficient (Wildman–Crippen LogP) is 2.97. The normalized spacial score (nSPS) is 40.9. The molecule has 98 valence electrons. The Labute approximate surface area is 105 Å². The molecule has 1 N–H and O–H groups in total. The second kappa shape index (κ2) is 4.55. The van der Waals surface area contributed by atoms with E-state index in [0.717, 1.165) is 18.4 Å². The van der Waals surface area contributed by atoms with Gasteiger partial charge in [-0.05, 0) is 38.1 Å². The van der Waals surface area contributed by atoms with Gasteiger partial charge in [0.05, 0.1) is 6.10 Å². The number of hydrogen-bond acceptors (Lipinski definition) is 2. The zero-order chi connectivity index (χ0) is 11.9. The van der Waals surface area contributed by atoms with Gasteiger partial charge in [-0.25, -0.2) is 0 Å². The van der Waals surface area contributed by atoms with Crippen LogP contribution in [0, 0.1) is 17.3 Å². The first-order valence-corrected chi connectivity index (χ1v) is 7.54. The van der Waals surface area contributed by atoms with Crippen LogP contribution in [0.1, 0.15) is 52.4 Å². The highest BCUT2D eigenvalue weighted by molar-refractivity contribution is 5.10. The number of rotatable bonds is 3. The highest BCUT2D eigenvalue weighted by Gasteiger charge is 2.57. The van der Waals surface area contributed by atoms with Gasteiger partial charge in [0.2, 0.25) is 0 Å². The van der Waals surface area contributed by atoms with E-state index in [1.54, 1.807) is 0 Å². The third-order valence-corrected chi connectivity index (χ3v) is 5.43. The van der Waals surface area contributed by atoms with E-state index in [4.69, 9.17) is 4.74 Å². The molecule has 3 aliphatic rings. The van der Waals surface area contributed by atoms with Gasteiger partial charge in [-0.2, -0.15) is 0 Å². The fourth-order valence-corrected chi connectivity index (χ4v) is 4.45. The predicted molar refractivity (Wildman–Crippen MR) is 70.0 cm³/mol. The molecule has 1 saturated heterocycles. The topological polar surface area (TPSA) is 21.3 Å². The van der Waals surface area contributed by atoms with Crippen LogP contribution < -0.4 is 5.32 Å². The lowest BCUT2D eigenvalue weighted by Gasteiger charge is -2.60. The van der Waals surface area contributed by atoms with E-state index in [2.05, 4.69) is 19.2 Å². The Hall–Kier alpha value is -0.0800. The van der Waals surface area contributed by atoms with Crippen LogP contribution in [0.2, 0.25) is 0 Å². The zero-order valence-corrected chi connectivity index (χ0v) is 11.4. The standard InChI is InChI=1S/C15H27NO/c1-15(2)13(12-8-5-9-17-14(12)15)16-10-11-6-3-4-7-11/h11-14,16H,3-10H2,1-2H3. The average Bonchev–Trinajstić information content (AvgIpc) is 2.82. The van der Waals surface area contributed by atoms with Crippen LogP contribution in [0.5, 0.6) is 0 Å². The summed E-state index contributed by atoms with van der Waals surface area (Å²) in [5.74, 6) is 1.74. The lowest BCUT2D eigenvalue weighted by Crippen LogP contribution is -2.69. The zero-order valence-electron chi connectivity index (χ0n) is 11.4. The maximum Gasteiger partial charge on any atom is 0.0684 e. The van der Waals surface area contributed by atoms with Crippen molar-refractivity contribution in [2.75, 3.05) is 13.2 Å². The van der Waals surface area contributed by atoms with Gasteiger partial charge in [0.25, 0.3) is 0 Å². The van der Waals surface area contributed by atoms with Gasteiger partial charge >= 0.3 is 0 Å². The molecule has 0 aromatic carbocycles. The highest BCUT2D eigenvalue weighted by Crippen LogP contribution is 2.51. The Morgan fingerprint density at radius 1 is 1.12 bits per heavy atom. The van der Waals surface area contributed by atoms with Crippen molar-refractivity contribution >= 4 is 0 Å². The molecular formula is C15H27NO. The maximum atomic E-state index is 5.95. The van der Waals surface area contributed by atoms with Crippen molar-refractivity contribution in [1.82, 2.24) is 5.32 Å². The fraction of sp³-hybridized carbons (Fsp3) is 1.00. The third kappa shape index (κ3) is 2.04. The van der Waals surface area contributed by atoms with Crippen LogP contribution in [-0.4, -0.2) is 25.3 Å². The number of hydrogen-bond donors (Lipinski definition) is 1. The summed E-state index contributed by atoms with van der Waals surface area (Å²) in [6, 6.07) is 0.702. The molecule has 2 heteroatoms. The van der Waals surface area contributed by atoms with Crippen molar-refractivity contribution in [2.24, 2.45) is 17.3 Å². The minimum Gasteiger partial charge on any atom is -0.377 e. The summed E-state index contributed by atoms with van der Waals surface area (Å²) in [6.45, 7) is 6.99. The van der Waals surface area contributed by atoms with E-state index in [-0.39, 0.29) is 0 Å². The molecule has 0 aromatic rings. The van der Waals surface area contributed by atoms with Crippen molar-refractivity contribution in [1.29, 1.82) is 0 Å². The summed E-state index contributed by atoms with van der Waals surface area (Å²) in [4.78, 5) is 0. The van der Waals surface area contributed by atoms with Gasteiger partial charge in [0.15, 0.2) is 0 Å². The summed E-state index contributed by atoms with van der Waals surface area (Å²) in [7, 11) is 0. The molecule has 0 aromatic heterocycles. The molecule has 0 bridgehead atoms. The summed E-state index contributed by atoms with van der Waals surface area (Å²) in [5.41, 5.74) is 0.351. The molecule has 3 fully saturated rings. The molecule has 2 aliphatic carbocycles. The number of ether oxygens (including phenoxy) is 1. The monoisotopic (exact) mass is 237 g/mol. The molecule has 3 atom stereocenters. The lowest BCUT2D eigenvalue weighted by molar-refractivity contribution is -0.192. The smallest absolute Gasteiger partial charge is 0.0684 e. The lowest BCUT2D eigenvalue weighted by atomic mass is 9.55. The molecule has 3 unspecified atom stereocenters. The molecule has 2 saturated carbocycles.